The van der Waals surface area contributed by atoms with Gasteiger partial charge in [-0.05, 0) is 103 Å². The van der Waals surface area contributed by atoms with E-state index in [1.54, 1.807) is 24.3 Å². The minimum absolute atomic E-state index is 0.235. The summed E-state index contributed by atoms with van der Waals surface area (Å²) in [4.78, 5) is 2.28. The molecule has 0 saturated carbocycles. The number of ether oxygens (including phenoxy) is 1. The molecule has 0 radical (unpaired) electrons. The van der Waals surface area contributed by atoms with Crippen LogP contribution in [0.5, 0.6) is 17.2 Å². The van der Waals surface area contributed by atoms with E-state index in [-0.39, 0.29) is 16.9 Å². The van der Waals surface area contributed by atoms with Gasteiger partial charge in [0.25, 0.3) is 0 Å². The third kappa shape index (κ3) is 5.67. The lowest BCUT2D eigenvalue weighted by atomic mass is 9.74. The number of phenols is 2. The minimum atomic E-state index is -0.373. The maximum Gasteiger partial charge on any atom is 0.122 e. The molecule has 0 aliphatic rings. The summed E-state index contributed by atoms with van der Waals surface area (Å²) in [6.07, 6.45) is 0.711. The Morgan fingerprint density at radius 1 is 0.625 bits per heavy atom. The van der Waals surface area contributed by atoms with Gasteiger partial charge >= 0.3 is 0 Å². The molecule has 5 aromatic rings. The SMILES string of the molecule is Cc1cc(N(c2ccccc2)c2ccccc2)c(C)cc1OCCC(C)(c1ccc(O)cc1)c1ccc(O)cc1. The molecule has 0 aliphatic heterocycles. The molecule has 0 atom stereocenters. The molecule has 2 N–H and O–H groups in total. The number of hydrogen-bond acceptors (Lipinski definition) is 4. The molecule has 40 heavy (non-hydrogen) atoms. The average molecular weight is 530 g/mol. The number of benzene rings is 5. The van der Waals surface area contributed by atoms with E-state index in [4.69, 9.17) is 4.74 Å². The second-order valence-corrected chi connectivity index (χ2v) is 10.4. The summed E-state index contributed by atoms with van der Waals surface area (Å²) in [5.74, 6) is 1.33. The normalized spacial score (nSPS) is 11.3. The molecule has 0 heterocycles. The second kappa shape index (κ2) is 11.6. The molecule has 0 amide bonds. The predicted octanol–water partition coefficient (Wildman–Crippen LogP) is 8.96. The van der Waals surface area contributed by atoms with Crippen molar-refractivity contribution < 1.29 is 14.9 Å². The summed E-state index contributed by atoms with van der Waals surface area (Å²) in [6.45, 7) is 6.88. The van der Waals surface area contributed by atoms with E-state index in [0.29, 0.717) is 13.0 Å². The Balaban J connectivity index is 1.42. The first-order valence-electron chi connectivity index (χ1n) is 13.6. The Morgan fingerprint density at radius 2 is 1.10 bits per heavy atom. The van der Waals surface area contributed by atoms with Gasteiger partial charge in [-0.3, -0.25) is 0 Å². The van der Waals surface area contributed by atoms with Gasteiger partial charge in [0.2, 0.25) is 0 Å². The summed E-state index contributed by atoms with van der Waals surface area (Å²) in [6, 6.07) is 39.8. The number of aromatic hydroxyl groups is 2. The summed E-state index contributed by atoms with van der Waals surface area (Å²) in [5, 5.41) is 19.7. The molecule has 5 aromatic carbocycles. The van der Waals surface area contributed by atoms with Crippen LogP contribution in [0.25, 0.3) is 0 Å². The molecule has 0 unspecified atom stereocenters. The fraction of sp³-hybridized carbons (Fsp3) is 0.167. The highest BCUT2D eigenvalue weighted by Gasteiger charge is 2.29. The first-order valence-corrected chi connectivity index (χ1v) is 13.6. The van der Waals surface area contributed by atoms with Crippen LogP contribution in [0.15, 0.2) is 121 Å². The molecule has 5 rings (SSSR count). The summed E-state index contributed by atoms with van der Waals surface area (Å²) in [7, 11) is 0. The van der Waals surface area contributed by atoms with Crippen LogP contribution < -0.4 is 9.64 Å². The van der Waals surface area contributed by atoms with Crippen molar-refractivity contribution in [3.63, 3.8) is 0 Å². The molecule has 0 aliphatic carbocycles. The Bertz CT molecular complexity index is 1460. The highest BCUT2D eigenvalue weighted by molar-refractivity contribution is 5.79. The van der Waals surface area contributed by atoms with Crippen LogP contribution in [0.1, 0.15) is 35.6 Å². The van der Waals surface area contributed by atoms with Crippen molar-refractivity contribution in [1.82, 2.24) is 0 Å². The predicted molar refractivity (Wildman–Crippen MR) is 163 cm³/mol. The van der Waals surface area contributed by atoms with Gasteiger partial charge in [0.15, 0.2) is 0 Å². The van der Waals surface area contributed by atoms with Gasteiger partial charge in [0, 0.05) is 22.5 Å². The molecule has 4 nitrogen and oxygen atoms in total. The smallest absolute Gasteiger partial charge is 0.122 e. The molecular weight excluding hydrogens is 494 g/mol. The molecule has 0 bridgehead atoms. The lowest BCUT2D eigenvalue weighted by molar-refractivity contribution is 0.278. The fourth-order valence-corrected chi connectivity index (χ4v) is 5.23. The van der Waals surface area contributed by atoms with Crippen LogP contribution >= 0.6 is 0 Å². The van der Waals surface area contributed by atoms with Crippen molar-refractivity contribution in [3.8, 4) is 17.2 Å². The maximum absolute atomic E-state index is 9.86. The lowest BCUT2D eigenvalue weighted by Gasteiger charge is -2.31. The summed E-state index contributed by atoms with van der Waals surface area (Å²) in [5.41, 5.74) is 7.27. The third-order valence-corrected chi connectivity index (χ3v) is 7.63. The monoisotopic (exact) mass is 529 g/mol. The largest absolute Gasteiger partial charge is 0.508 e. The van der Waals surface area contributed by atoms with E-state index in [9.17, 15) is 10.2 Å². The van der Waals surface area contributed by atoms with Gasteiger partial charge in [-0.25, -0.2) is 0 Å². The quantitative estimate of drug-likeness (QED) is 0.200. The van der Waals surface area contributed by atoms with E-state index in [1.165, 1.54) is 0 Å². The third-order valence-electron chi connectivity index (χ3n) is 7.63. The van der Waals surface area contributed by atoms with Crippen LogP contribution in [0.2, 0.25) is 0 Å². The zero-order valence-corrected chi connectivity index (χ0v) is 23.2. The van der Waals surface area contributed by atoms with Gasteiger partial charge in [-0.1, -0.05) is 67.6 Å². The second-order valence-electron chi connectivity index (χ2n) is 10.4. The van der Waals surface area contributed by atoms with Crippen LogP contribution in [0.3, 0.4) is 0 Å². The molecule has 0 fully saturated rings. The molecule has 0 spiro atoms. The first kappa shape index (κ1) is 26.9. The van der Waals surface area contributed by atoms with Gasteiger partial charge in [0.1, 0.15) is 17.2 Å². The van der Waals surface area contributed by atoms with Crippen LogP contribution in [-0.2, 0) is 5.41 Å². The Morgan fingerprint density at radius 3 is 1.57 bits per heavy atom. The Kier molecular flexibility index (Phi) is 7.79. The van der Waals surface area contributed by atoms with E-state index in [0.717, 1.165) is 45.1 Å². The van der Waals surface area contributed by atoms with Crippen LogP contribution in [0.4, 0.5) is 17.1 Å². The van der Waals surface area contributed by atoms with Crippen LogP contribution in [0, 0.1) is 13.8 Å². The number of para-hydroxylation sites is 2. The molecule has 4 heteroatoms. The van der Waals surface area contributed by atoms with E-state index < -0.39 is 0 Å². The number of aryl methyl sites for hydroxylation is 2. The van der Waals surface area contributed by atoms with Gasteiger partial charge in [-0.15, -0.1) is 0 Å². The molecule has 202 valence electrons. The van der Waals surface area contributed by atoms with Gasteiger partial charge in [-0.2, -0.15) is 0 Å². The highest BCUT2D eigenvalue weighted by atomic mass is 16.5. The molecule has 0 saturated heterocycles. The Labute approximate surface area is 236 Å². The zero-order valence-electron chi connectivity index (χ0n) is 23.2. The first-order chi connectivity index (χ1) is 19.3. The highest BCUT2D eigenvalue weighted by Crippen LogP contribution is 2.40. The minimum Gasteiger partial charge on any atom is -0.508 e. The van der Waals surface area contributed by atoms with Gasteiger partial charge in [0.05, 0.1) is 6.61 Å². The summed E-state index contributed by atoms with van der Waals surface area (Å²) >= 11 is 0. The van der Waals surface area contributed by atoms with Crippen LogP contribution in [-0.4, -0.2) is 16.8 Å². The average Bonchev–Trinajstić information content (AvgIpc) is 2.97. The van der Waals surface area contributed by atoms with E-state index in [1.807, 2.05) is 36.4 Å². The molecular formula is C36H35NO3. The van der Waals surface area contributed by atoms with Crippen molar-refractivity contribution in [2.24, 2.45) is 0 Å². The standard InChI is InChI=1S/C36H35NO3/c1-26-25-35(27(2)24-34(26)37(30-10-6-4-7-11-30)31-12-8-5-9-13-31)40-23-22-36(3,28-14-18-32(38)19-15-28)29-16-20-33(39)21-17-29/h4-21,24-25,38-39H,22-23H2,1-3H3. The zero-order chi connectivity index (χ0) is 28.1. The van der Waals surface area contributed by atoms with Crippen molar-refractivity contribution in [2.45, 2.75) is 32.6 Å². The number of phenolic OH excluding ortho intramolecular Hbond substituents is 2. The van der Waals surface area contributed by atoms with Crippen molar-refractivity contribution >= 4 is 17.1 Å². The topological polar surface area (TPSA) is 52.9 Å². The summed E-state index contributed by atoms with van der Waals surface area (Å²) < 4.78 is 6.43. The van der Waals surface area contributed by atoms with E-state index >= 15 is 0 Å². The number of rotatable bonds is 9. The lowest BCUT2D eigenvalue weighted by Crippen LogP contribution is -2.26. The maximum atomic E-state index is 9.86. The number of anilines is 3. The van der Waals surface area contributed by atoms with Crippen molar-refractivity contribution in [3.05, 3.63) is 144 Å². The Hall–Kier alpha value is -4.70. The van der Waals surface area contributed by atoms with Gasteiger partial charge < -0.3 is 19.8 Å². The van der Waals surface area contributed by atoms with Crippen molar-refractivity contribution in [1.29, 1.82) is 0 Å². The molecule has 0 aromatic heterocycles. The number of hydrogen-bond donors (Lipinski definition) is 2. The van der Waals surface area contributed by atoms with Crippen molar-refractivity contribution in [2.75, 3.05) is 11.5 Å². The fourth-order valence-electron chi connectivity index (χ4n) is 5.23. The number of nitrogens with zero attached hydrogens (tertiary/aromatic N) is 1. The van der Waals surface area contributed by atoms with E-state index in [2.05, 4.69) is 86.3 Å².